The average molecular weight is 500 g/mol. The van der Waals surface area contributed by atoms with Crippen LogP contribution in [-0.4, -0.2) is 41.4 Å². The normalized spacial score (nSPS) is 13.8. The average Bonchev–Trinajstić information content (AvgIpc) is 3.56. The second kappa shape index (κ2) is 10.4. The number of likely N-dealkylation sites (N-methyl/N-ethyl adjacent to an activating group) is 1. The van der Waals surface area contributed by atoms with Crippen molar-refractivity contribution in [3.63, 3.8) is 0 Å². The highest BCUT2D eigenvalue weighted by Crippen LogP contribution is 2.35. The number of aromatic nitrogens is 1. The van der Waals surface area contributed by atoms with Crippen LogP contribution in [-0.2, 0) is 22.6 Å². The van der Waals surface area contributed by atoms with Gasteiger partial charge in [-0.25, -0.2) is 0 Å². The van der Waals surface area contributed by atoms with E-state index in [4.69, 9.17) is 9.47 Å². The maximum absolute atomic E-state index is 13.7. The van der Waals surface area contributed by atoms with Gasteiger partial charge in [0.25, 0.3) is 5.91 Å². The number of hydrogen-bond acceptors (Lipinski definition) is 5. The number of aryl methyl sites for hydroxylation is 1. The van der Waals surface area contributed by atoms with E-state index in [0.717, 1.165) is 16.5 Å². The Morgan fingerprint density at radius 1 is 1.03 bits per heavy atom. The molecule has 0 fully saturated rings. The second-order valence-electron chi connectivity index (χ2n) is 8.98. The number of amides is 2. The zero-order valence-corrected chi connectivity index (χ0v) is 20.8. The SMILES string of the molecule is CCn1cc(C(O)C(=O)N[C@@H](Cc2ccccc2)C(=O)N(C)c2ccc3c(c2)OCO3)c2ccccc21. The summed E-state index contributed by atoms with van der Waals surface area (Å²) >= 11 is 0. The fourth-order valence-electron chi connectivity index (χ4n) is 4.65. The van der Waals surface area contributed by atoms with Gasteiger partial charge in [-0.05, 0) is 30.7 Å². The molecule has 3 aromatic carbocycles. The maximum Gasteiger partial charge on any atom is 0.254 e. The number of aliphatic hydroxyl groups is 1. The van der Waals surface area contributed by atoms with Crippen molar-refractivity contribution in [1.82, 2.24) is 9.88 Å². The lowest BCUT2D eigenvalue weighted by Crippen LogP contribution is -2.50. The highest BCUT2D eigenvalue weighted by atomic mass is 16.7. The van der Waals surface area contributed by atoms with Crippen LogP contribution in [0.25, 0.3) is 10.9 Å². The molecular formula is C29H29N3O5. The Morgan fingerprint density at radius 2 is 1.76 bits per heavy atom. The monoisotopic (exact) mass is 499 g/mol. The molecule has 1 unspecified atom stereocenters. The largest absolute Gasteiger partial charge is 0.454 e. The number of benzene rings is 3. The summed E-state index contributed by atoms with van der Waals surface area (Å²) in [7, 11) is 1.65. The number of aliphatic hydroxyl groups excluding tert-OH is 1. The summed E-state index contributed by atoms with van der Waals surface area (Å²) in [6, 6.07) is 21.4. The van der Waals surface area contributed by atoms with E-state index < -0.39 is 18.1 Å². The van der Waals surface area contributed by atoms with Crippen molar-refractivity contribution in [3.05, 3.63) is 90.1 Å². The molecule has 190 valence electrons. The summed E-state index contributed by atoms with van der Waals surface area (Å²) in [6.07, 6.45) is 0.630. The zero-order chi connectivity index (χ0) is 25.9. The summed E-state index contributed by atoms with van der Waals surface area (Å²) < 4.78 is 12.8. The molecule has 5 rings (SSSR count). The van der Waals surface area contributed by atoms with Gasteiger partial charge in [-0.2, -0.15) is 0 Å². The molecule has 0 bridgehead atoms. The molecule has 0 saturated carbocycles. The van der Waals surface area contributed by atoms with E-state index in [2.05, 4.69) is 5.32 Å². The number of rotatable bonds is 8. The van der Waals surface area contributed by atoms with Crippen LogP contribution in [0, 0.1) is 0 Å². The van der Waals surface area contributed by atoms with Crippen LogP contribution in [0.3, 0.4) is 0 Å². The minimum absolute atomic E-state index is 0.134. The lowest BCUT2D eigenvalue weighted by atomic mass is 10.0. The van der Waals surface area contributed by atoms with Crippen molar-refractivity contribution in [2.24, 2.45) is 0 Å². The smallest absolute Gasteiger partial charge is 0.254 e. The van der Waals surface area contributed by atoms with Gasteiger partial charge in [-0.15, -0.1) is 0 Å². The predicted molar refractivity (Wildman–Crippen MR) is 141 cm³/mol. The van der Waals surface area contributed by atoms with E-state index in [1.54, 1.807) is 31.4 Å². The molecule has 2 amide bonds. The molecule has 1 aliphatic heterocycles. The highest BCUT2D eigenvalue weighted by Gasteiger charge is 2.30. The topological polar surface area (TPSA) is 93.0 Å². The van der Waals surface area contributed by atoms with E-state index in [1.165, 1.54) is 4.90 Å². The molecule has 0 radical (unpaired) electrons. The number of nitrogens with one attached hydrogen (secondary N) is 1. The summed E-state index contributed by atoms with van der Waals surface area (Å²) in [5, 5.41) is 14.7. The Bertz CT molecular complexity index is 1430. The number of para-hydroxylation sites is 1. The molecule has 1 aromatic heterocycles. The molecule has 2 atom stereocenters. The molecule has 0 spiro atoms. The van der Waals surface area contributed by atoms with Crippen molar-refractivity contribution in [2.75, 3.05) is 18.7 Å². The predicted octanol–water partition coefficient (Wildman–Crippen LogP) is 3.81. The van der Waals surface area contributed by atoms with E-state index in [0.29, 0.717) is 29.3 Å². The molecule has 8 nitrogen and oxygen atoms in total. The number of hydrogen-bond donors (Lipinski definition) is 2. The number of anilines is 1. The Morgan fingerprint density at radius 3 is 2.54 bits per heavy atom. The van der Waals surface area contributed by atoms with Gasteiger partial charge in [0.05, 0.1) is 0 Å². The first-order valence-corrected chi connectivity index (χ1v) is 12.2. The number of carbonyl (C=O) groups excluding carboxylic acids is 2. The standard InChI is InChI=1S/C29H29N3O5/c1-3-32-17-22(21-11-7-8-12-24(21)32)27(33)28(34)30-23(15-19-9-5-4-6-10-19)29(35)31(2)20-13-14-25-26(16-20)37-18-36-25/h4-14,16-17,23,27,33H,3,15,18H2,1-2H3,(H,30,34)/t23-,27?/m0/s1. The van der Waals surface area contributed by atoms with Crippen LogP contribution in [0.5, 0.6) is 11.5 Å². The van der Waals surface area contributed by atoms with E-state index in [1.807, 2.05) is 66.1 Å². The van der Waals surface area contributed by atoms with Crippen LogP contribution in [0.1, 0.15) is 24.2 Å². The second-order valence-corrected chi connectivity index (χ2v) is 8.98. The van der Waals surface area contributed by atoms with Crippen LogP contribution >= 0.6 is 0 Å². The fraction of sp³-hybridized carbons (Fsp3) is 0.241. The summed E-state index contributed by atoms with van der Waals surface area (Å²) in [6.45, 7) is 2.84. The number of nitrogens with zero attached hydrogens (tertiary/aromatic N) is 2. The Kier molecular flexibility index (Phi) is 6.83. The lowest BCUT2D eigenvalue weighted by Gasteiger charge is -2.26. The van der Waals surface area contributed by atoms with Crippen molar-refractivity contribution in [3.8, 4) is 11.5 Å². The Hall–Kier alpha value is -4.30. The van der Waals surface area contributed by atoms with Gasteiger partial charge in [-0.1, -0.05) is 48.5 Å². The molecule has 0 saturated heterocycles. The zero-order valence-electron chi connectivity index (χ0n) is 20.8. The molecule has 8 heteroatoms. The summed E-state index contributed by atoms with van der Waals surface area (Å²) in [5.41, 5.74) is 2.93. The molecule has 2 heterocycles. The van der Waals surface area contributed by atoms with Crippen LogP contribution < -0.4 is 19.7 Å². The van der Waals surface area contributed by atoms with E-state index in [-0.39, 0.29) is 19.1 Å². The first-order valence-electron chi connectivity index (χ1n) is 12.2. The molecular weight excluding hydrogens is 470 g/mol. The van der Waals surface area contributed by atoms with E-state index >= 15 is 0 Å². The third-order valence-corrected chi connectivity index (χ3v) is 6.67. The van der Waals surface area contributed by atoms with Gasteiger partial charge in [0, 0.05) is 54.4 Å². The van der Waals surface area contributed by atoms with Gasteiger partial charge in [0.2, 0.25) is 12.7 Å². The molecule has 37 heavy (non-hydrogen) atoms. The van der Waals surface area contributed by atoms with Gasteiger partial charge >= 0.3 is 0 Å². The number of fused-ring (bicyclic) bond motifs is 2. The molecule has 4 aromatic rings. The first kappa shape index (κ1) is 24.4. The number of ether oxygens (including phenoxy) is 2. The third-order valence-electron chi connectivity index (χ3n) is 6.67. The highest BCUT2D eigenvalue weighted by molar-refractivity contribution is 6.00. The molecule has 1 aliphatic rings. The van der Waals surface area contributed by atoms with Crippen LogP contribution in [0.2, 0.25) is 0 Å². The third kappa shape index (κ3) is 4.88. The fourth-order valence-corrected chi connectivity index (χ4v) is 4.65. The number of carbonyl (C=O) groups is 2. The van der Waals surface area contributed by atoms with Crippen LogP contribution in [0.15, 0.2) is 79.0 Å². The quantitative estimate of drug-likeness (QED) is 0.385. The summed E-state index contributed by atoms with van der Waals surface area (Å²) in [4.78, 5) is 28.5. The van der Waals surface area contributed by atoms with Crippen LogP contribution in [0.4, 0.5) is 5.69 Å². The maximum atomic E-state index is 13.7. The Balaban J connectivity index is 1.41. The van der Waals surface area contributed by atoms with Gasteiger partial charge < -0.3 is 29.4 Å². The molecule has 0 aliphatic carbocycles. The van der Waals surface area contributed by atoms with E-state index in [9.17, 15) is 14.7 Å². The molecule has 2 N–H and O–H groups in total. The lowest BCUT2D eigenvalue weighted by molar-refractivity contribution is -0.133. The summed E-state index contributed by atoms with van der Waals surface area (Å²) in [5.74, 6) is 0.225. The van der Waals surface area contributed by atoms with Gasteiger partial charge in [0.1, 0.15) is 6.04 Å². The van der Waals surface area contributed by atoms with Crippen molar-refractivity contribution >= 4 is 28.4 Å². The first-order chi connectivity index (χ1) is 18.0. The van der Waals surface area contributed by atoms with Crippen molar-refractivity contribution in [1.29, 1.82) is 0 Å². The van der Waals surface area contributed by atoms with Crippen molar-refractivity contribution in [2.45, 2.75) is 32.0 Å². The van der Waals surface area contributed by atoms with Gasteiger partial charge in [-0.3, -0.25) is 9.59 Å². The minimum Gasteiger partial charge on any atom is -0.454 e. The minimum atomic E-state index is -1.43. The van der Waals surface area contributed by atoms with Gasteiger partial charge in [0.15, 0.2) is 17.6 Å². The Labute approximate surface area is 215 Å². The van der Waals surface area contributed by atoms with Crippen molar-refractivity contribution < 1.29 is 24.2 Å².